The number of carbonyl (C=O) groups is 3. The monoisotopic (exact) mass is 724 g/mol. The van der Waals surface area contributed by atoms with E-state index in [0.29, 0.717) is 52.8 Å². The zero-order valence-corrected chi connectivity index (χ0v) is 28.5. The SMILES string of the molecule is CCOC(=O)c1ccc(COc2ccc(Br)cc2/C=N/N[C@@H](O)COc2ccc([C@H]3NC(=O)NC(C)=C3C(=O)OC)cc2OCC)cc1. The van der Waals surface area contributed by atoms with Crippen LogP contribution in [0, 0.1) is 0 Å². The lowest BCUT2D eigenvalue weighted by Crippen LogP contribution is -2.45. The molecule has 3 aromatic rings. The molecule has 1 aliphatic heterocycles. The van der Waals surface area contributed by atoms with E-state index in [-0.39, 0.29) is 24.8 Å². The van der Waals surface area contributed by atoms with Crippen molar-refractivity contribution in [3.63, 3.8) is 0 Å². The Bertz CT molecular complexity index is 1680. The molecule has 0 saturated carbocycles. The maximum absolute atomic E-state index is 12.5. The molecule has 254 valence electrons. The average molecular weight is 726 g/mol. The Labute approximate surface area is 286 Å². The standard InChI is InChI=1S/C34H37BrN4O9/c1-5-45-28-16-23(31-30(33(42)44-4)20(3)37-34(43)38-31)11-13-27(28)48-19-29(40)39-36-17-24-15-25(35)12-14-26(24)47-18-21-7-9-22(10-8-21)32(41)46-6-2/h7-17,29,31,39-40H,5-6,18-19H2,1-4H3,(H2,37,38,43)/b36-17+/t29-,31+/m0/s1. The minimum absolute atomic E-state index is 0.184. The van der Waals surface area contributed by atoms with Crippen LogP contribution >= 0.6 is 15.9 Å². The molecule has 0 radical (unpaired) electrons. The lowest BCUT2D eigenvalue weighted by molar-refractivity contribution is -0.136. The van der Waals surface area contributed by atoms with Gasteiger partial charge in [0.2, 0.25) is 0 Å². The largest absolute Gasteiger partial charge is 0.490 e. The van der Waals surface area contributed by atoms with Crippen LogP contribution in [0.5, 0.6) is 17.2 Å². The van der Waals surface area contributed by atoms with Gasteiger partial charge in [0.25, 0.3) is 0 Å². The minimum atomic E-state index is -1.19. The van der Waals surface area contributed by atoms with Crippen molar-refractivity contribution in [3.05, 3.63) is 98.7 Å². The fourth-order valence-electron chi connectivity index (χ4n) is 4.68. The fraction of sp³-hybridized carbons (Fsp3) is 0.294. The summed E-state index contributed by atoms with van der Waals surface area (Å²) in [4.78, 5) is 36.6. The normalized spacial score (nSPS) is 14.9. The summed E-state index contributed by atoms with van der Waals surface area (Å²) in [6.45, 7) is 5.87. The van der Waals surface area contributed by atoms with Gasteiger partial charge in [0.05, 0.1) is 43.7 Å². The molecule has 1 aliphatic rings. The average Bonchev–Trinajstić information content (AvgIpc) is 3.07. The lowest BCUT2D eigenvalue weighted by Gasteiger charge is -2.28. The smallest absolute Gasteiger partial charge is 0.338 e. The molecule has 2 amide bonds. The van der Waals surface area contributed by atoms with Gasteiger partial charge in [-0.05, 0) is 74.4 Å². The first-order chi connectivity index (χ1) is 23.1. The molecule has 0 unspecified atom stereocenters. The fourth-order valence-corrected chi connectivity index (χ4v) is 5.06. The molecule has 0 aliphatic carbocycles. The Morgan fingerprint density at radius 3 is 2.44 bits per heavy atom. The first-order valence-corrected chi connectivity index (χ1v) is 15.8. The highest BCUT2D eigenvalue weighted by molar-refractivity contribution is 9.10. The highest BCUT2D eigenvalue weighted by Gasteiger charge is 2.32. The number of ether oxygens (including phenoxy) is 5. The molecule has 0 saturated heterocycles. The lowest BCUT2D eigenvalue weighted by atomic mass is 9.95. The third kappa shape index (κ3) is 9.48. The Morgan fingerprint density at radius 2 is 1.73 bits per heavy atom. The van der Waals surface area contributed by atoms with Crippen molar-refractivity contribution in [1.82, 2.24) is 16.1 Å². The Hall–Kier alpha value is -5.08. The maximum atomic E-state index is 12.5. The van der Waals surface area contributed by atoms with Gasteiger partial charge in [-0.1, -0.05) is 34.1 Å². The van der Waals surface area contributed by atoms with Crippen LogP contribution in [0.2, 0.25) is 0 Å². The van der Waals surface area contributed by atoms with Gasteiger partial charge in [-0.25, -0.2) is 14.4 Å². The molecular formula is C34H37BrN4O9. The highest BCUT2D eigenvalue weighted by atomic mass is 79.9. The number of esters is 2. The number of amides is 2. The van der Waals surface area contributed by atoms with E-state index < -0.39 is 24.3 Å². The summed E-state index contributed by atoms with van der Waals surface area (Å²) in [5.74, 6) is 0.282. The van der Waals surface area contributed by atoms with Crippen molar-refractivity contribution < 1.29 is 43.2 Å². The Kier molecular flexibility index (Phi) is 12.8. The van der Waals surface area contributed by atoms with Crippen LogP contribution in [0.1, 0.15) is 53.9 Å². The molecular weight excluding hydrogens is 688 g/mol. The number of rotatable bonds is 15. The van der Waals surface area contributed by atoms with Gasteiger partial charge < -0.3 is 39.4 Å². The van der Waals surface area contributed by atoms with Crippen LogP contribution in [0.4, 0.5) is 4.79 Å². The summed E-state index contributed by atoms with van der Waals surface area (Å²) in [7, 11) is 1.27. The molecule has 13 nitrogen and oxygen atoms in total. The highest BCUT2D eigenvalue weighted by Crippen LogP contribution is 2.35. The van der Waals surface area contributed by atoms with Crippen LogP contribution in [-0.4, -0.2) is 62.4 Å². The first kappa shape index (κ1) is 35.8. The van der Waals surface area contributed by atoms with E-state index in [2.05, 4.69) is 37.1 Å². The molecule has 0 fully saturated rings. The zero-order chi connectivity index (χ0) is 34.6. The third-order valence-electron chi connectivity index (χ3n) is 6.93. The summed E-state index contributed by atoms with van der Waals surface area (Å²) < 4.78 is 28.3. The van der Waals surface area contributed by atoms with E-state index in [4.69, 9.17) is 23.7 Å². The minimum Gasteiger partial charge on any atom is -0.490 e. The molecule has 0 spiro atoms. The number of nitrogens with zero attached hydrogens (tertiary/aromatic N) is 1. The number of aliphatic hydroxyl groups is 1. The summed E-state index contributed by atoms with van der Waals surface area (Å²) >= 11 is 3.46. The van der Waals surface area contributed by atoms with Gasteiger partial charge in [-0.15, -0.1) is 0 Å². The summed E-state index contributed by atoms with van der Waals surface area (Å²) in [5, 5.41) is 20.0. The molecule has 48 heavy (non-hydrogen) atoms. The molecule has 0 aromatic heterocycles. The van der Waals surface area contributed by atoms with Gasteiger partial charge in [-0.2, -0.15) is 5.10 Å². The van der Waals surface area contributed by atoms with E-state index >= 15 is 0 Å². The van der Waals surface area contributed by atoms with Crippen LogP contribution < -0.4 is 30.3 Å². The number of methoxy groups -OCH3 is 1. The summed E-state index contributed by atoms with van der Waals surface area (Å²) in [6, 6.07) is 16.1. The number of carbonyl (C=O) groups excluding carboxylic acids is 3. The number of urea groups is 1. The van der Waals surface area contributed by atoms with Crippen LogP contribution in [0.15, 0.2) is 81.5 Å². The summed E-state index contributed by atoms with van der Waals surface area (Å²) in [6.07, 6.45) is 0.319. The van der Waals surface area contributed by atoms with Gasteiger partial charge >= 0.3 is 18.0 Å². The number of halogens is 1. The number of hydrogen-bond acceptors (Lipinski definition) is 11. The van der Waals surface area contributed by atoms with Crippen molar-refractivity contribution in [1.29, 1.82) is 0 Å². The molecule has 1 heterocycles. The number of allylic oxidation sites excluding steroid dienone is 1. The number of hydrazone groups is 1. The quantitative estimate of drug-likeness (QED) is 0.0746. The predicted molar refractivity (Wildman–Crippen MR) is 180 cm³/mol. The van der Waals surface area contributed by atoms with Crippen LogP contribution in [0.3, 0.4) is 0 Å². The van der Waals surface area contributed by atoms with Crippen molar-refractivity contribution in [2.24, 2.45) is 5.10 Å². The molecule has 4 rings (SSSR count). The van der Waals surface area contributed by atoms with Gasteiger partial charge in [0, 0.05) is 15.7 Å². The van der Waals surface area contributed by atoms with Gasteiger partial charge in [0.1, 0.15) is 19.0 Å². The Morgan fingerprint density at radius 1 is 0.979 bits per heavy atom. The van der Waals surface area contributed by atoms with Crippen molar-refractivity contribution in [2.45, 2.75) is 39.6 Å². The second kappa shape index (κ2) is 17.2. The maximum Gasteiger partial charge on any atom is 0.338 e. The van der Waals surface area contributed by atoms with E-state index in [1.165, 1.54) is 13.3 Å². The van der Waals surface area contributed by atoms with Gasteiger partial charge in [-0.3, -0.25) is 5.43 Å². The number of benzene rings is 3. The van der Waals surface area contributed by atoms with Crippen LogP contribution in [0.25, 0.3) is 0 Å². The van der Waals surface area contributed by atoms with E-state index in [0.717, 1.165) is 10.0 Å². The molecule has 0 bridgehead atoms. The molecule has 2 atom stereocenters. The van der Waals surface area contributed by atoms with E-state index in [1.807, 2.05) is 12.1 Å². The van der Waals surface area contributed by atoms with Crippen molar-refractivity contribution in [3.8, 4) is 17.2 Å². The van der Waals surface area contributed by atoms with E-state index in [1.54, 1.807) is 69.3 Å². The summed E-state index contributed by atoms with van der Waals surface area (Å²) in [5.41, 5.74) is 5.81. The van der Waals surface area contributed by atoms with Crippen molar-refractivity contribution >= 4 is 40.1 Å². The van der Waals surface area contributed by atoms with E-state index in [9.17, 15) is 19.5 Å². The number of hydrogen-bond donors (Lipinski definition) is 4. The number of nitrogens with one attached hydrogen (secondary N) is 3. The van der Waals surface area contributed by atoms with Gasteiger partial charge in [0.15, 0.2) is 17.7 Å². The van der Waals surface area contributed by atoms with Crippen LogP contribution in [-0.2, 0) is 20.9 Å². The molecule has 14 heteroatoms. The predicted octanol–water partition coefficient (Wildman–Crippen LogP) is 4.73. The second-order valence-electron chi connectivity index (χ2n) is 10.3. The van der Waals surface area contributed by atoms with Crippen molar-refractivity contribution in [2.75, 3.05) is 26.9 Å². The third-order valence-corrected chi connectivity index (χ3v) is 7.42. The first-order valence-electron chi connectivity index (χ1n) is 15.0. The molecule has 3 aromatic carbocycles. The number of aliphatic hydroxyl groups excluding tert-OH is 1. The molecule has 4 N–H and O–H groups in total. The topological polar surface area (TPSA) is 166 Å². The second-order valence-corrected chi connectivity index (χ2v) is 11.2. The Balaban J connectivity index is 1.38. The zero-order valence-electron chi connectivity index (χ0n) is 26.9.